The molecular weight excluding hydrogens is 504 g/mol. The van der Waals surface area contributed by atoms with Crippen molar-refractivity contribution in [2.75, 3.05) is 13.2 Å². The van der Waals surface area contributed by atoms with Crippen molar-refractivity contribution in [2.24, 2.45) is 34.0 Å². The first-order valence-electron chi connectivity index (χ1n) is 12.3. The second-order valence-electron chi connectivity index (χ2n) is 11.5. The van der Waals surface area contributed by atoms with Gasteiger partial charge in [0.05, 0.1) is 4.83 Å². The van der Waals surface area contributed by atoms with Gasteiger partial charge in [-0.05, 0) is 48.9 Å². The quantitative estimate of drug-likeness (QED) is 0.235. The zero-order valence-corrected chi connectivity index (χ0v) is 22.4. The highest BCUT2D eigenvalue weighted by molar-refractivity contribution is 9.09. The summed E-state index contributed by atoms with van der Waals surface area (Å²) < 4.78 is 17.0. The number of halogens is 1. The van der Waals surface area contributed by atoms with Gasteiger partial charge in [0.25, 0.3) is 0 Å². The topological polar surface area (TPSA) is 99.1 Å². The minimum Gasteiger partial charge on any atom is -0.465 e. The molecule has 1 N–H and O–H groups in total. The standard InChI is InChI=1S/C26H37BrO7/c1-14(29)32-12-23(27)24(4)7-6-18-17(9-24)20(33-15(2)30)8-22-25(18,5)11-21(34-16(3)31)19-10-26(19,22)13-28/h6,17,19-23,28H,7-13H2,1-5H3/t17-,19+,20-,21-,22+,23+,24+,25+,26-/m1/s1. The van der Waals surface area contributed by atoms with E-state index in [-0.39, 0.29) is 82.2 Å². The number of rotatable bonds is 6. The maximum absolute atomic E-state index is 12.1. The van der Waals surface area contributed by atoms with E-state index >= 15 is 0 Å². The lowest BCUT2D eigenvalue weighted by Crippen LogP contribution is -2.56. The van der Waals surface area contributed by atoms with E-state index in [4.69, 9.17) is 14.2 Å². The Morgan fingerprint density at radius 3 is 2.29 bits per heavy atom. The van der Waals surface area contributed by atoms with E-state index in [1.54, 1.807) is 0 Å². The van der Waals surface area contributed by atoms with Gasteiger partial charge in [0.15, 0.2) is 0 Å². The zero-order chi connectivity index (χ0) is 25.1. The van der Waals surface area contributed by atoms with Crippen molar-refractivity contribution in [3.05, 3.63) is 11.6 Å². The largest absolute Gasteiger partial charge is 0.465 e. The number of hydrogen-bond donors (Lipinski definition) is 1. The number of carbonyl (C=O) groups is 3. The number of allylic oxidation sites excluding steroid dienone is 1. The van der Waals surface area contributed by atoms with Crippen LogP contribution < -0.4 is 0 Å². The van der Waals surface area contributed by atoms with Crippen molar-refractivity contribution in [3.8, 4) is 0 Å². The molecule has 4 aliphatic rings. The van der Waals surface area contributed by atoms with Crippen LogP contribution >= 0.6 is 15.9 Å². The third kappa shape index (κ3) is 4.23. The Morgan fingerprint density at radius 1 is 1.06 bits per heavy atom. The van der Waals surface area contributed by atoms with Crippen LogP contribution in [-0.2, 0) is 28.6 Å². The first-order valence-corrected chi connectivity index (χ1v) is 13.2. The van der Waals surface area contributed by atoms with Crippen molar-refractivity contribution >= 4 is 33.8 Å². The summed E-state index contributed by atoms with van der Waals surface area (Å²) in [6, 6.07) is 0. The van der Waals surface area contributed by atoms with E-state index in [9.17, 15) is 19.5 Å². The minimum atomic E-state index is -0.307. The summed E-state index contributed by atoms with van der Waals surface area (Å²) in [7, 11) is 0. The fourth-order valence-corrected chi connectivity index (χ4v) is 8.10. The SMILES string of the molecule is CC(=O)OC[C@H](Br)[C@@]1(C)CC=C2[C@@H](C1)[C@H](OC(C)=O)C[C@@H]1[C@@]3(CO)C[C@H]3[C@H](OC(C)=O)C[C@@]21C. The lowest BCUT2D eigenvalue weighted by Gasteiger charge is -2.59. The fourth-order valence-electron chi connectivity index (χ4n) is 7.60. The summed E-state index contributed by atoms with van der Waals surface area (Å²) in [6.45, 7) is 9.06. The molecule has 0 aromatic rings. The first-order chi connectivity index (χ1) is 15.9. The summed E-state index contributed by atoms with van der Waals surface area (Å²) in [5.41, 5.74) is 0.517. The van der Waals surface area contributed by atoms with E-state index in [0.29, 0.717) is 6.42 Å². The van der Waals surface area contributed by atoms with Crippen LogP contribution in [0.4, 0.5) is 0 Å². The molecule has 190 valence electrons. The van der Waals surface area contributed by atoms with Crippen LogP contribution in [-0.4, -0.2) is 53.3 Å². The highest BCUT2D eigenvalue weighted by atomic mass is 79.9. The normalized spacial score (nSPS) is 43.3. The van der Waals surface area contributed by atoms with Crippen LogP contribution in [0.1, 0.15) is 66.7 Å². The number of alkyl halides is 1. The van der Waals surface area contributed by atoms with Gasteiger partial charge in [-0.25, -0.2) is 0 Å². The van der Waals surface area contributed by atoms with Gasteiger partial charge in [-0.15, -0.1) is 0 Å². The molecule has 0 spiro atoms. The van der Waals surface area contributed by atoms with Crippen molar-refractivity contribution in [2.45, 2.75) is 83.8 Å². The summed E-state index contributed by atoms with van der Waals surface area (Å²) in [6.07, 6.45) is 5.62. The fraction of sp³-hybridized carbons (Fsp3) is 0.808. The van der Waals surface area contributed by atoms with Crippen LogP contribution in [0.2, 0.25) is 0 Å². The maximum Gasteiger partial charge on any atom is 0.302 e. The predicted molar refractivity (Wildman–Crippen MR) is 128 cm³/mol. The van der Waals surface area contributed by atoms with Gasteiger partial charge in [-0.3, -0.25) is 14.4 Å². The molecule has 8 heteroatoms. The molecule has 3 saturated carbocycles. The van der Waals surface area contributed by atoms with Gasteiger partial charge in [-0.2, -0.15) is 0 Å². The highest BCUT2D eigenvalue weighted by Crippen LogP contribution is 2.74. The average molecular weight is 541 g/mol. The molecular formula is C26H37BrO7. The van der Waals surface area contributed by atoms with Gasteiger partial charge in [0.2, 0.25) is 0 Å². The number of aliphatic hydroxyl groups is 1. The Labute approximate surface area is 210 Å². The van der Waals surface area contributed by atoms with Gasteiger partial charge in [0.1, 0.15) is 18.8 Å². The molecule has 0 saturated heterocycles. The predicted octanol–water partition coefficient (Wildman–Crippen LogP) is 3.95. The third-order valence-corrected chi connectivity index (χ3v) is 10.7. The third-order valence-electron chi connectivity index (χ3n) is 9.28. The Balaban J connectivity index is 1.70. The Kier molecular flexibility index (Phi) is 6.73. The van der Waals surface area contributed by atoms with Crippen LogP contribution in [0.3, 0.4) is 0 Å². The number of fused-ring (bicyclic) bond motifs is 5. The lowest BCUT2D eigenvalue weighted by atomic mass is 9.48. The number of aliphatic hydroxyl groups excluding tert-OH is 1. The zero-order valence-electron chi connectivity index (χ0n) is 20.8. The van der Waals surface area contributed by atoms with E-state index in [1.807, 2.05) is 0 Å². The summed E-state index contributed by atoms with van der Waals surface area (Å²) in [4.78, 5) is 35.3. The number of ether oxygens (including phenoxy) is 3. The van der Waals surface area contributed by atoms with Crippen LogP contribution in [0.5, 0.6) is 0 Å². The highest BCUT2D eigenvalue weighted by Gasteiger charge is 2.72. The molecule has 0 bridgehead atoms. The van der Waals surface area contributed by atoms with Gasteiger partial charge in [0, 0.05) is 44.6 Å². The van der Waals surface area contributed by atoms with Gasteiger partial charge >= 0.3 is 17.9 Å². The van der Waals surface area contributed by atoms with Crippen molar-refractivity contribution in [3.63, 3.8) is 0 Å². The van der Waals surface area contributed by atoms with Crippen LogP contribution in [0, 0.1) is 34.0 Å². The van der Waals surface area contributed by atoms with E-state index in [0.717, 1.165) is 25.7 Å². The molecule has 0 radical (unpaired) electrons. The van der Waals surface area contributed by atoms with Crippen molar-refractivity contribution in [1.29, 1.82) is 0 Å². The van der Waals surface area contributed by atoms with Gasteiger partial charge in [-0.1, -0.05) is 41.4 Å². The van der Waals surface area contributed by atoms with E-state index in [2.05, 4.69) is 35.9 Å². The molecule has 0 aromatic heterocycles. The molecule has 0 heterocycles. The molecule has 4 aliphatic carbocycles. The molecule has 34 heavy (non-hydrogen) atoms. The maximum atomic E-state index is 12.1. The minimum absolute atomic E-state index is 0.0188. The van der Waals surface area contributed by atoms with E-state index in [1.165, 1.54) is 26.3 Å². The molecule has 7 nitrogen and oxygen atoms in total. The summed E-state index contributed by atoms with van der Waals surface area (Å²) in [5.74, 6) is -0.565. The monoisotopic (exact) mass is 540 g/mol. The van der Waals surface area contributed by atoms with Gasteiger partial charge < -0.3 is 19.3 Å². The molecule has 0 amide bonds. The second kappa shape index (κ2) is 8.91. The molecule has 0 aliphatic heterocycles. The lowest BCUT2D eigenvalue weighted by molar-refractivity contribution is -0.167. The van der Waals surface area contributed by atoms with Crippen molar-refractivity contribution < 1.29 is 33.7 Å². The Bertz CT molecular complexity index is 902. The summed E-state index contributed by atoms with van der Waals surface area (Å²) in [5, 5.41) is 10.5. The molecule has 0 aromatic carbocycles. The second-order valence-corrected chi connectivity index (χ2v) is 12.6. The molecule has 0 unspecified atom stereocenters. The Morgan fingerprint density at radius 2 is 1.71 bits per heavy atom. The van der Waals surface area contributed by atoms with E-state index < -0.39 is 0 Å². The van der Waals surface area contributed by atoms with Crippen LogP contribution in [0.25, 0.3) is 0 Å². The number of hydrogen-bond acceptors (Lipinski definition) is 7. The number of esters is 3. The smallest absolute Gasteiger partial charge is 0.302 e. The molecule has 3 fully saturated rings. The molecule has 9 atom stereocenters. The number of carbonyl (C=O) groups excluding carboxylic acids is 3. The Hall–Kier alpha value is -1.41. The average Bonchev–Trinajstić information content (AvgIpc) is 3.49. The summed E-state index contributed by atoms with van der Waals surface area (Å²) >= 11 is 3.76. The van der Waals surface area contributed by atoms with Crippen LogP contribution in [0.15, 0.2) is 11.6 Å². The first kappa shape index (κ1) is 25.7. The molecule has 4 rings (SSSR count). The van der Waals surface area contributed by atoms with Crippen molar-refractivity contribution in [1.82, 2.24) is 0 Å².